The molecular weight excluding hydrogens is 196 g/mol. The highest BCUT2D eigenvalue weighted by molar-refractivity contribution is 5.86. The molecule has 1 amide bonds. The molecule has 1 fully saturated rings. The van der Waals surface area contributed by atoms with Crippen LogP contribution < -0.4 is 5.32 Å². The van der Waals surface area contributed by atoms with Gasteiger partial charge < -0.3 is 10.4 Å². The highest BCUT2D eigenvalue weighted by Crippen LogP contribution is 2.21. The molecule has 1 aliphatic rings. The number of aliphatic carboxylic acids is 1. The van der Waals surface area contributed by atoms with Crippen molar-refractivity contribution < 1.29 is 14.7 Å². The molecule has 0 aromatic heterocycles. The van der Waals surface area contributed by atoms with E-state index in [1.807, 2.05) is 25.7 Å². The maximum Gasteiger partial charge on any atom is 0.304 e. The quantitative estimate of drug-likeness (QED) is 0.697. The largest absolute Gasteiger partial charge is 0.481 e. The summed E-state index contributed by atoms with van der Waals surface area (Å²) in [6, 6.07) is -0.122. The van der Waals surface area contributed by atoms with Gasteiger partial charge in [-0.1, -0.05) is 0 Å². The van der Waals surface area contributed by atoms with E-state index >= 15 is 0 Å². The van der Waals surface area contributed by atoms with Crippen molar-refractivity contribution in [2.24, 2.45) is 0 Å². The van der Waals surface area contributed by atoms with Crippen molar-refractivity contribution in [3.8, 4) is 0 Å². The molecule has 5 heteroatoms. The molecule has 86 valence electrons. The predicted molar refractivity (Wildman–Crippen MR) is 55.5 cm³/mol. The van der Waals surface area contributed by atoms with Crippen LogP contribution in [0.1, 0.15) is 27.2 Å². The van der Waals surface area contributed by atoms with E-state index in [0.29, 0.717) is 13.1 Å². The van der Waals surface area contributed by atoms with Crippen molar-refractivity contribution in [1.29, 1.82) is 0 Å². The normalized spacial score (nSPS) is 23.3. The molecule has 1 saturated heterocycles. The molecule has 0 aromatic rings. The SMILES string of the molecule is CC(CC(=O)O)N1CCNC(=O)C1(C)C. The first-order valence-electron chi connectivity index (χ1n) is 5.12. The van der Waals surface area contributed by atoms with Crippen molar-refractivity contribution in [3.63, 3.8) is 0 Å². The Kier molecular flexibility index (Phi) is 3.34. The van der Waals surface area contributed by atoms with E-state index in [1.54, 1.807) is 0 Å². The molecule has 0 bridgehead atoms. The van der Waals surface area contributed by atoms with E-state index in [9.17, 15) is 9.59 Å². The second-order valence-electron chi connectivity index (χ2n) is 4.46. The minimum atomic E-state index is -0.829. The van der Waals surface area contributed by atoms with Crippen LogP contribution in [0.4, 0.5) is 0 Å². The summed E-state index contributed by atoms with van der Waals surface area (Å²) in [6.07, 6.45) is 0.0662. The van der Waals surface area contributed by atoms with Crippen molar-refractivity contribution in [2.45, 2.75) is 38.8 Å². The molecule has 1 unspecified atom stereocenters. The van der Waals surface area contributed by atoms with E-state index in [1.165, 1.54) is 0 Å². The van der Waals surface area contributed by atoms with E-state index < -0.39 is 11.5 Å². The lowest BCUT2D eigenvalue weighted by Gasteiger charge is -2.44. The van der Waals surface area contributed by atoms with Crippen LogP contribution in [0.5, 0.6) is 0 Å². The molecule has 0 radical (unpaired) electrons. The van der Waals surface area contributed by atoms with Gasteiger partial charge in [0.25, 0.3) is 0 Å². The zero-order chi connectivity index (χ0) is 11.6. The molecule has 5 nitrogen and oxygen atoms in total. The Labute approximate surface area is 89.4 Å². The Morgan fingerprint density at radius 1 is 1.67 bits per heavy atom. The van der Waals surface area contributed by atoms with Gasteiger partial charge in [-0.25, -0.2) is 0 Å². The Hall–Kier alpha value is -1.10. The van der Waals surface area contributed by atoms with Crippen molar-refractivity contribution in [1.82, 2.24) is 10.2 Å². The monoisotopic (exact) mass is 214 g/mol. The number of hydrogen-bond donors (Lipinski definition) is 2. The smallest absolute Gasteiger partial charge is 0.304 e. The fourth-order valence-corrected chi connectivity index (χ4v) is 2.05. The molecule has 15 heavy (non-hydrogen) atoms. The van der Waals surface area contributed by atoms with Gasteiger partial charge >= 0.3 is 5.97 Å². The van der Waals surface area contributed by atoms with E-state index in [-0.39, 0.29) is 18.4 Å². The van der Waals surface area contributed by atoms with Crippen molar-refractivity contribution in [3.05, 3.63) is 0 Å². The fourth-order valence-electron chi connectivity index (χ4n) is 2.05. The van der Waals surface area contributed by atoms with Crippen LogP contribution in [-0.2, 0) is 9.59 Å². The molecule has 1 aliphatic heterocycles. The van der Waals surface area contributed by atoms with Gasteiger partial charge in [0.15, 0.2) is 0 Å². The molecule has 1 atom stereocenters. The third kappa shape index (κ3) is 2.47. The average Bonchev–Trinajstić information content (AvgIpc) is 2.08. The average molecular weight is 214 g/mol. The lowest BCUT2D eigenvalue weighted by Crippen LogP contribution is -2.64. The zero-order valence-corrected chi connectivity index (χ0v) is 9.41. The Morgan fingerprint density at radius 3 is 2.80 bits per heavy atom. The second kappa shape index (κ2) is 4.18. The lowest BCUT2D eigenvalue weighted by atomic mass is 9.96. The number of amides is 1. The topological polar surface area (TPSA) is 69.6 Å². The Morgan fingerprint density at radius 2 is 2.27 bits per heavy atom. The van der Waals surface area contributed by atoms with Crippen molar-refractivity contribution >= 4 is 11.9 Å². The number of carboxylic acid groups (broad SMARTS) is 1. The van der Waals surface area contributed by atoms with Gasteiger partial charge in [0.05, 0.1) is 12.0 Å². The van der Waals surface area contributed by atoms with Gasteiger partial charge in [0.1, 0.15) is 0 Å². The lowest BCUT2D eigenvalue weighted by molar-refractivity contribution is -0.143. The first-order chi connectivity index (χ1) is 6.85. The van der Waals surface area contributed by atoms with E-state index in [2.05, 4.69) is 5.32 Å². The second-order valence-corrected chi connectivity index (χ2v) is 4.46. The maximum atomic E-state index is 11.6. The maximum absolute atomic E-state index is 11.6. The molecule has 0 aliphatic carbocycles. The zero-order valence-electron chi connectivity index (χ0n) is 9.41. The number of nitrogens with one attached hydrogen (secondary N) is 1. The number of carboxylic acids is 1. The van der Waals surface area contributed by atoms with Gasteiger partial charge in [0, 0.05) is 19.1 Å². The minimum Gasteiger partial charge on any atom is -0.481 e. The van der Waals surface area contributed by atoms with Gasteiger partial charge in [-0.05, 0) is 20.8 Å². The van der Waals surface area contributed by atoms with Crippen molar-refractivity contribution in [2.75, 3.05) is 13.1 Å². The number of carbonyl (C=O) groups excluding carboxylic acids is 1. The number of hydrogen-bond acceptors (Lipinski definition) is 3. The van der Waals surface area contributed by atoms with Crippen LogP contribution in [0.2, 0.25) is 0 Å². The van der Waals surface area contributed by atoms with Crippen LogP contribution >= 0.6 is 0 Å². The molecular formula is C10H18N2O3. The summed E-state index contributed by atoms with van der Waals surface area (Å²) in [6.45, 7) is 6.77. The Balaban J connectivity index is 2.74. The summed E-state index contributed by atoms with van der Waals surface area (Å²) >= 11 is 0. The summed E-state index contributed by atoms with van der Waals surface area (Å²) in [4.78, 5) is 24.2. The number of carbonyl (C=O) groups is 2. The van der Waals surface area contributed by atoms with Gasteiger partial charge in [-0.15, -0.1) is 0 Å². The first-order valence-corrected chi connectivity index (χ1v) is 5.12. The highest BCUT2D eigenvalue weighted by Gasteiger charge is 2.40. The Bertz CT molecular complexity index is 276. The van der Waals surface area contributed by atoms with Gasteiger partial charge in [-0.2, -0.15) is 0 Å². The predicted octanol–water partition coefficient (Wildman–Crippen LogP) is 0.0600. The number of rotatable bonds is 3. The van der Waals surface area contributed by atoms with Gasteiger partial charge in [0.2, 0.25) is 5.91 Å². The molecule has 0 spiro atoms. The van der Waals surface area contributed by atoms with Crippen LogP contribution in [0.3, 0.4) is 0 Å². The fraction of sp³-hybridized carbons (Fsp3) is 0.800. The summed E-state index contributed by atoms with van der Waals surface area (Å²) in [7, 11) is 0. The summed E-state index contributed by atoms with van der Waals surface area (Å²) in [5, 5.41) is 11.5. The molecule has 1 rings (SSSR count). The van der Waals surface area contributed by atoms with Crippen LogP contribution in [0.15, 0.2) is 0 Å². The minimum absolute atomic E-state index is 0.0361. The van der Waals surface area contributed by atoms with Crippen LogP contribution in [-0.4, -0.2) is 46.6 Å². The molecule has 0 saturated carbocycles. The third-order valence-corrected chi connectivity index (χ3v) is 2.91. The van der Waals surface area contributed by atoms with Crippen LogP contribution in [0.25, 0.3) is 0 Å². The first kappa shape index (κ1) is 12.0. The van der Waals surface area contributed by atoms with E-state index in [0.717, 1.165) is 0 Å². The standard InChI is InChI=1S/C10H18N2O3/c1-7(6-8(13)14)12-5-4-11-9(15)10(12,2)3/h7H,4-6H2,1-3H3,(H,11,15)(H,13,14). The summed E-state index contributed by atoms with van der Waals surface area (Å²) in [5.41, 5.74) is -0.618. The van der Waals surface area contributed by atoms with Crippen LogP contribution in [0, 0.1) is 0 Å². The third-order valence-electron chi connectivity index (χ3n) is 2.91. The number of piperazine rings is 1. The highest BCUT2D eigenvalue weighted by atomic mass is 16.4. The molecule has 2 N–H and O–H groups in total. The summed E-state index contributed by atoms with van der Waals surface area (Å²) < 4.78 is 0. The summed E-state index contributed by atoms with van der Waals surface area (Å²) in [5.74, 6) is -0.865. The number of nitrogens with zero attached hydrogens (tertiary/aromatic N) is 1. The molecule has 0 aromatic carbocycles. The van der Waals surface area contributed by atoms with Gasteiger partial charge in [-0.3, -0.25) is 14.5 Å². The molecule has 1 heterocycles. The van der Waals surface area contributed by atoms with E-state index in [4.69, 9.17) is 5.11 Å².